The third-order valence-corrected chi connectivity index (χ3v) is 4.29. The van der Waals surface area contributed by atoms with E-state index in [0.29, 0.717) is 6.54 Å². The first-order valence-electron chi connectivity index (χ1n) is 7.34. The molecule has 2 rings (SSSR count). The molecular weight excluding hydrogens is 289 g/mol. The molecule has 0 spiro atoms. The van der Waals surface area contributed by atoms with E-state index in [4.69, 9.17) is 4.74 Å². The maximum Gasteiger partial charge on any atom is 0.313 e. The first-order valence-corrected chi connectivity index (χ1v) is 7.34. The highest BCUT2D eigenvalue weighted by atomic mass is 19.1. The smallest absolute Gasteiger partial charge is 0.313 e. The Morgan fingerprint density at radius 2 is 2.27 bits per heavy atom. The molecule has 0 amide bonds. The van der Waals surface area contributed by atoms with Gasteiger partial charge in [-0.15, -0.1) is 0 Å². The zero-order chi connectivity index (χ0) is 16.3. The summed E-state index contributed by atoms with van der Waals surface area (Å²) in [6.07, 6.45) is 2.24. The molecule has 2 N–H and O–H groups in total. The predicted octanol–water partition coefficient (Wildman–Crippen LogP) is 2.93. The van der Waals surface area contributed by atoms with Crippen LogP contribution >= 0.6 is 0 Å². The highest BCUT2D eigenvalue weighted by Crippen LogP contribution is 2.33. The van der Waals surface area contributed by atoms with Crippen LogP contribution in [0, 0.1) is 21.3 Å². The van der Waals surface area contributed by atoms with E-state index in [0.717, 1.165) is 25.5 Å². The van der Waals surface area contributed by atoms with Crippen LogP contribution < -0.4 is 15.4 Å². The van der Waals surface area contributed by atoms with Crippen molar-refractivity contribution in [3.05, 3.63) is 28.1 Å². The van der Waals surface area contributed by atoms with Crippen LogP contribution in [-0.4, -0.2) is 31.2 Å². The molecule has 1 atom stereocenters. The number of rotatable bonds is 5. The van der Waals surface area contributed by atoms with Gasteiger partial charge in [0, 0.05) is 18.7 Å². The molecule has 1 aliphatic rings. The minimum Gasteiger partial charge on any atom is -0.490 e. The van der Waals surface area contributed by atoms with Crippen molar-refractivity contribution < 1.29 is 14.1 Å². The minimum atomic E-state index is -0.655. The number of nitrogens with zero attached hydrogens (tertiary/aromatic N) is 1. The van der Waals surface area contributed by atoms with Crippen molar-refractivity contribution in [3.8, 4) is 5.75 Å². The molecule has 1 aromatic rings. The number of piperidine rings is 1. The summed E-state index contributed by atoms with van der Waals surface area (Å²) >= 11 is 0. The van der Waals surface area contributed by atoms with Gasteiger partial charge >= 0.3 is 5.69 Å². The number of anilines is 1. The number of hydrogen-bond donors (Lipinski definition) is 2. The quantitative estimate of drug-likeness (QED) is 0.646. The molecule has 1 fully saturated rings. The summed E-state index contributed by atoms with van der Waals surface area (Å²) in [5.41, 5.74) is -0.0423. The van der Waals surface area contributed by atoms with Gasteiger partial charge in [-0.1, -0.05) is 13.8 Å². The molecule has 0 saturated carbocycles. The van der Waals surface area contributed by atoms with E-state index in [9.17, 15) is 14.5 Å². The highest BCUT2D eigenvalue weighted by Gasteiger charge is 2.32. The lowest BCUT2D eigenvalue weighted by Gasteiger charge is -2.39. The first kappa shape index (κ1) is 16.5. The number of nitro groups is 1. The fourth-order valence-electron chi connectivity index (χ4n) is 2.82. The Balaban J connectivity index is 2.14. The summed E-state index contributed by atoms with van der Waals surface area (Å²) in [6, 6.07) is 2.44. The monoisotopic (exact) mass is 311 g/mol. The molecule has 0 aliphatic carbocycles. The molecule has 0 radical (unpaired) electrons. The van der Waals surface area contributed by atoms with Crippen LogP contribution in [0.3, 0.4) is 0 Å². The van der Waals surface area contributed by atoms with Crippen molar-refractivity contribution in [2.75, 3.05) is 25.5 Å². The lowest BCUT2D eigenvalue weighted by atomic mass is 9.77. The molecule has 1 heterocycles. The average molecular weight is 311 g/mol. The Bertz CT molecular complexity index is 563. The summed E-state index contributed by atoms with van der Waals surface area (Å²) in [7, 11) is 1.33. The van der Waals surface area contributed by atoms with Gasteiger partial charge in [-0.05, 0) is 24.8 Å². The number of nitrogens with one attached hydrogen (secondary N) is 2. The van der Waals surface area contributed by atoms with Crippen LogP contribution in [0.1, 0.15) is 26.7 Å². The van der Waals surface area contributed by atoms with E-state index in [1.165, 1.54) is 13.2 Å². The minimum absolute atomic E-state index is 0.0461. The zero-order valence-corrected chi connectivity index (χ0v) is 13.1. The summed E-state index contributed by atoms with van der Waals surface area (Å²) in [6.45, 7) is 5.85. The van der Waals surface area contributed by atoms with Crippen molar-refractivity contribution in [1.29, 1.82) is 0 Å². The molecule has 1 aromatic carbocycles. The number of hydrogen-bond acceptors (Lipinski definition) is 5. The van der Waals surface area contributed by atoms with Gasteiger partial charge in [-0.2, -0.15) is 0 Å². The molecule has 7 heteroatoms. The molecule has 1 unspecified atom stereocenters. The van der Waals surface area contributed by atoms with E-state index < -0.39 is 10.7 Å². The summed E-state index contributed by atoms with van der Waals surface area (Å²) in [5.74, 6) is -0.606. The molecule has 0 bridgehead atoms. The lowest BCUT2D eigenvalue weighted by Crippen LogP contribution is -2.50. The van der Waals surface area contributed by atoms with Gasteiger partial charge in [-0.25, -0.2) is 4.39 Å². The maximum atomic E-state index is 14.0. The largest absolute Gasteiger partial charge is 0.490 e. The van der Waals surface area contributed by atoms with Crippen LogP contribution in [0.2, 0.25) is 0 Å². The summed E-state index contributed by atoms with van der Waals surface area (Å²) < 4.78 is 19.0. The van der Waals surface area contributed by atoms with E-state index >= 15 is 0 Å². The molecule has 0 aromatic heterocycles. The third kappa shape index (κ3) is 3.47. The molecule has 122 valence electrons. The normalized spacial score (nSPS) is 20.5. The topological polar surface area (TPSA) is 76.4 Å². The van der Waals surface area contributed by atoms with Crippen LogP contribution in [-0.2, 0) is 0 Å². The number of ether oxygens (including phenoxy) is 1. The first-order chi connectivity index (χ1) is 10.3. The fourth-order valence-corrected chi connectivity index (χ4v) is 2.82. The number of halogens is 1. The van der Waals surface area contributed by atoms with Gasteiger partial charge in [0.15, 0.2) is 11.6 Å². The van der Waals surface area contributed by atoms with Gasteiger partial charge in [0.25, 0.3) is 0 Å². The Kier molecular flexibility index (Phi) is 4.85. The molecular formula is C15H22FN3O3. The van der Waals surface area contributed by atoms with Crippen molar-refractivity contribution in [2.24, 2.45) is 5.41 Å². The molecule has 1 saturated heterocycles. The van der Waals surface area contributed by atoms with Crippen LogP contribution in [0.4, 0.5) is 15.8 Å². The van der Waals surface area contributed by atoms with E-state index in [1.54, 1.807) is 0 Å². The van der Waals surface area contributed by atoms with Gasteiger partial charge in [0.05, 0.1) is 23.8 Å². The number of methoxy groups -OCH3 is 1. The van der Waals surface area contributed by atoms with Crippen LogP contribution in [0.15, 0.2) is 12.1 Å². The predicted molar refractivity (Wildman–Crippen MR) is 82.9 cm³/mol. The lowest BCUT2D eigenvalue weighted by molar-refractivity contribution is -0.385. The second-order valence-corrected chi connectivity index (χ2v) is 6.24. The van der Waals surface area contributed by atoms with Gasteiger partial charge < -0.3 is 15.4 Å². The Morgan fingerprint density at radius 3 is 2.86 bits per heavy atom. The van der Waals surface area contributed by atoms with E-state index in [-0.39, 0.29) is 28.6 Å². The zero-order valence-electron chi connectivity index (χ0n) is 13.1. The molecule has 22 heavy (non-hydrogen) atoms. The second kappa shape index (κ2) is 6.48. The van der Waals surface area contributed by atoms with Gasteiger partial charge in [0.2, 0.25) is 0 Å². The Labute approximate surface area is 129 Å². The van der Waals surface area contributed by atoms with Crippen LogP contribution in [0.25, 0.3) is 0 Å². The SMILES string of the molecule is COc1cc(NCC2NCCCC2(C)C)c(F)cc1[N+](=O)[O-]. The molecule has 6 nitrogen and oxygen atoms in total. The molecule has 1 aliphatic heterocycles. The Morgan fingerprint density at radius 1 is 1.55 bits per heavy atom. The highest BCUT2D eigenvalue weighted by molar-refractivity contribution is 5.59. The van der Waals surface area contributed by atoms with Crippen molar-refractivity contribution in [1.82, 2.24) is 5.32 Å². The van der Waals surface area contributed by atoms with Gasteiger partial charge in [0.1, 0.15) is 0 Å². The summed E-state index contributed by atoms with van der Waals surface area (Å²) in [4.78, 5) is 10.2. The number of nitro benzene ring substituents is 1. The Hall–Kier alpha value is -1.89. The second-order valence-electron chi connectivity index (χ2n) is 6.24. The number of benzene rings is 1. The van der Waals surface area contributed by atoms with Crippen LogP contribution in [0.5, 0.6) is 5.75 Å². The average Bonchev–Trinajstić information content (AvgIpc) is 2.46. The van der Waals surface area contributed by atoms with Crippen molar-refractivity contribution >= 4 is 11.4 Å². The van der Waals surface area contributed by atoms with E-state index in [2.05, 4.69) is 24.5 Å². The third-order valence-electron chi connectivity index (χ3n) is 4.29. The van der Waals surface area contributed by atoms with Gasteiger partial charge in [-0.3, -0.25) is 10.1 Å². The summed E-state index contributed by atoms with van der Waals surface area (Å²) in [5, 5.41) is 17.3. The standard InChI is InChI=1S/C15H22FN3O3/c1-15(2)5-4-6-17-14(15)9-18-11-8-13(22-3)12(19(20)21)7-10(11)16/h7-8,14,17-18H,4-6,9H2,1-3H3. The van der Waals surface area contributed by atoms with E-state index in [1.807, 2.05) is 0 Å². The fraction of sp³-hybridized carbons (Fsp3) is 0.600. The van der Waals surface area contributed by atoms with Crippen molar-refractivity contribution in [3.63, 3.8) is 0 Å². The van der Waals surface area contributed by atoms with Crippen molar-refractivity contribution in [2.45, 2.75) is 32.7 Å². The maximum absolute atomic E-state index is 14.0.